The first kappa shape index (κ1) is 22.2. The lowest BCUT2D eigenvalue weighted by Crippen LogP contribution is -2.47. The Bertz CT molecular complexity index is 831. The number of piperidine rings is 1. The van der Waals surface area contributed by atoms with Gasteiger partial charge in [-0.15, -0.1) is 0 Å². The van der Waals surface area contributed by atoms with Crippen LogP contribution >= 0.6 is 11.6 Å². The van der Waals surface area contributed by atoms with E-state index in [1.807, 2.05) is 18.2 Å². The fourth-order valence-corrected chi connectivity index (χ4v) is 3.99. The summed E-state index contributed by atoms with van der Waals surface area (Å²) in [6, 6.07) is 16.1. The Balaban J connectivity index is 1.57. The molecule has 0 aromatic heterocycles. The monoisotopic (exact) mass is 428 g/mol. The van der Waals surface area contributed by atoms with Gasteiger partial charge in [-0.3, -0.25) is 4.79 Å². The molecule has 1 atom stereocenters. The van der Waals surface area contributed by atoms with Crippen LogP contribution in [0.3, 0.4) is 0 Å². The molecule has 0 radical (unpaired) electrons. The Kier molecular flexibility index (Phi) is 7.75. The van der Waals surface area contributed by atoms with Gasteiger partial charge in [0.15, 0.2) is 0 Å². The number of hydrogen-bond donors (Lipinski definition) is 1. The van der Waals surface area contributed by atoms with Gasteiger partial charge in [-0.1, -0.05) is 43.6 Å². The highest BCUT2D eigenvalue weighted by Gasteiger charge is 2.30. The molecule has 2 aromatic rings. The molecule has 1 N–H and O–H groups in total. The number of nitrogens with zero attached hydrogens (tertiary/aromatic N) is 1. The van der Waals surface area contributed by atoms with E-state index in [1.165, 1.54) is 0 Å². The van der Waals surface area contributed by atoms with E-state index in [0.717, 1.165) is 19.3 Å². The fraction of sp³-hybridized carbons (Fsp3) is 0.417. The van der Waals surface area contributed by atoms with Crippen molar-refractivity contribution in [3.8, 4) is 5.75 Å². The molecule has 30 heavy (non-hydrogen) atoms. The van der Waals surface area contributed by atoms with E-state index in [4.69, 9.17) is 16.3 Å². The van der Waals surface area contributed by atoms with E-state index in [0.29, 0.717) is 41.3 Å². The molecule has 0 saturated carbocycles. The predicted octanol–water partition coefficient (Wildman–Crippen LogP) is 5.40. The zero-order valence-electron chi connectivity index (χ0n) is 17.5. The van der Waals surface area contributed by atoms with Crippen LogP contribution in [0.1, 0.15) is 43.5 Å². The number of hydrogen-bond acceptors (Lipinski definition) is 3. The maximum atomic E-state index is 12.7. The highest BCUT2D eigenvalue weighted by atomic mass is 35.5. The normalized spacial score (nSPS) is 15.7. The van der Waals surface area contributed by atoms with Crippen molar-refractivity contribution in [3.63, 3.8) is 0 Å². The van der Waals surface area contributed by atoms with E-state index < -0.39 is 0 Å². The van der Waals surface area contributed by atoms with Crippen LogP contribution in [0.5, 0.6) is 5.75 Å². The summed E-state index contributed by atoms with van der Waals surface area (Å²) >= 11 is 5.93. The Hall–Kier alpha value is -2.53. The summed E-state index contributed by atoms with van der Waals surface area (Å²) in [5, 5.41) is 3.83. The van der Waals surface area contributed by atoms with Crippen molar-refractivity contribution in [2.45, 2.75) is 39.2 Å². The number of benzene rings is 2. The number of carbonyl (C=O) groups is 2. The molecule has 160 valence electrons. The molecule has 1 saturated heterocycles. The number of rotatable bonds is 6. The number of amides is 2. The minimum Gasteiger partial charge on any atom is -0.410 e. The summed E-state index contributed by atoms with van der Waals surface area (Å²) in [5.41, 5.74) is 0.608. The van der Waals surface area contributed by atoms with Crippen LogP contribution in [0.2, 0.25) is 5.02 Å². The number of ether oxygens (including phenoxy) is 1. The van der Waals surface area contributed by atoms with Crippen molar-refractivity contribution in [2.75, 3.05) is 13.1 Å². The van der Waals surface area contributed by atoms with Gasteiger partial charge in [0.05, 0.1) is 0 Å². The molecule has 6 heteroatoms. The predicted molar refractivity (Wildman–Crippen MR) is 119 cm³/mol. The highest BCUT2D eigenvalue weighted by molar-refractivity contribution is 6.30. The molecular formula is C24H29ClN2O3. The molecule has 3 rings (SSSR count). The largest absolute Gasteiger partial charge is 0.415 e. The lowest BCUT2D eigenvalue weighted by molar-refractivity contribution is 0.0871. The van der Waals surface area contributed by atoms with Crippen LogP contribution in [0.4, 0.5) is 4.79 Å². The maximum absolute atomic E-state index is 12.7. The molecule has 0 aliphatic carbocycles. The van der Waals surface area contributed by atoms with Crippen molar-refractivity contribution in [2.24, 2.45) is 11.8 Å². The van der Waals surface area contributed by atoms with Crippen molar-refractivity contribution in [3.05, 3.63) is 65.2 Å². The third-order valence-corrected chi connectivity index (χ3v) is 5.72. The topological polar surface area (TPSA) is 58.6 Å². The zero-order valence-corrected chi connectivity index (χ0v) is 18.3. The molecule has 0 unspecified atom stereocenters. The van der Waals surface area contributed by atoms with Gasteiger partial charge in [0, 0.05) is 29.7 Å². The van der Waals surface area contributed by atoms with Crippen LogP contribution in [0, 0.1) is 11.8 Å². The van der Waals surface area contributed by atoms with Gasteiger partial charge in [-0.25, -0.2) is 4.79 Å². The first-order chi connectivity index (χ1) is 14.4. The lowest BCUT2D eigenvalue weighted by atomic mass is 9.85. The van der Waals surface area contributed by atoms with Crippen LogP contribution in [-0.2, 0) is 0 Å². The second-order valence-electron chi connectivity index (χ2n) is 8.22. The fourth-order valence-electron chi connectivity index (χ4n) is 3.87. The third-order valence-electron chi connectivity index (χ3n) is 5.46. The first-order valence-electron chi connectivity index (χ1n) is 10.5. The molecule has 2 aromatic carbocycles. The van der Waals surface area contributed by atoms with E-state index in [1.54, 1.807) is 41.3 Å². The second-order valence-corrected chi connectivity index (χ2v) is 8.66. The summed E-state index contributed by atoms with van der Waals surface area (Å²) in [4.78, 5) is 26.9. The van der Waals surface area contributed by atoms with Gasteiger partial charge in [0.2, 0.25) is 0 Å². The Morgan fingerprint density at radius 1 is 1.07 bits per heavy atom. The van der Waals surface area contributed by atoms with Crippen molar-refractivity contribution >= 4 is 23.6 Å². The third kappa shape index (κ3) is 6.23. The summed E-state index contributed by atoms with van der Waals surface area (Å²) in [7, 11) is 0. The van der Waals surface area contributed by atoms with Gasteiger partial charge in [-0.05, 0) is 67.5 Å². The Morgan fingerprint density at radius 3 is 2.30 bits per heavy atom. The van der Waals surface area contributed by atoms with Crippen LogP contribution < -0.4 is 10.1 Å². The minimum absolute atomic E-state index is 0.0699. The quantitative estimate of drug-likeness (QED) is 0.670. The average molecular weight is 429 g/mol. The zero-order chi connectivity index (χ0) is 21.5. The number of halogens is 1. The molecule has 0 spiro atoms. The van der Waals surface area contributed by atoms with Crippen LogP contribution in [0.15, 0.2) is 54.6 Å². The number of carbonyl (C=O) groups excluding carboxylic acids is 2. The summed E-state index contributed by atoms with van der Waals surface area (Å²) in [6.07, 6.45) is 2.26. The van der Waals surface area contributed by atoms with Crippen molar-refractivity contribution in [1.82, 2.24) is 10.2 Å². The maximum Gasteiger partial charge on any atom is 0.415 e. The average Bonchev–Trinajstić information content (AvgIpc) is 2.74. The first-order valence-corrected chi connectivity index (χ1v) is 10.9. The van der Waals surface area contributed by atoms with E-state index in [9.17, 15) is 9.59 Å². The summed E-state index contributed by atoms with van der Waals surface area (Å²) in [5.74, 6) is 1.26. The smallest absolute Gasteiger partial charge is 0.410 e. The Morgan fingerprint density at radius 2 is 1.70 bits per heavy atom. The molecule has 2 amide bonds. The highest BCUT2D eigenvalue weighted by Crippen LogP contribution is 2.26. The molecule has 1 aliphatic heterocycles. The van der Waals surface area contributed by atoms with Gasteiger partial charge in [0.25, 0.3) is 5.91 Å². The van der Waals surface area contributed by atoms with Gasteiger partial charge < -0.3 is 15.0 Å². The van der Waals surface area contributed by atoms with Crippen LogP contribution in [-0.4, -0.2) is 36.0 Å². The van der Waals surface area contributed by atoms with Crippen molar-refractivity contribution < 1.29 is 14.3 Å². The van der Waals surface area contributed by atoms with Crippen molar-refractivity contribution in [1.29, 1.82) is 0 Å². The molecule has 1 heterocycles. The minimum atomic E-state index is -0.315. The second kappa shape index (κ2) is 10.5. The van der Waals surface area contributed by atoms with Crippen LogP contribution in [0.25, 0.3) is 0 Å². The lowest BCUT2D eigenvalue weighted by Gasteiger charge is -2.36. The van der Waals surface area contributed by atoms with E-state index >= 15 is 0 Å². The number of para-hydroxylation sites is 1. The molecule has 5 nitrogen and oxygen atoms in total. The molecule has 1 aliphatic rings. The standard InChI is InChI=1S/C24H29ClN2O3/c1-17(2)16-22(26-23(28)19-8-10-20(25)11-9-19)18-12-14-27(15-13-18)24(29)30-21-6-4-3-5-7-21/h3-11,17-18,22H,12-16H2,1-2H3,(H,26,28)/t22-/m0/s1. The van der Waals surface area contributed by atoms with E-state index in [-0.39, 0.29) is 18.0 Å². The van der Waals surface area contributed by atoms with Gasteiger partial charge in [0.1, 0.15) is 5.75 Å². The van der Waals surface area contributed by atoms with Gasteiger partial charge >= 0.3 is 6.09 Å². The number of likely N-dealkylation sites (tertiary alicyclic amines) is 1. The SMILES string of the molecule is CC(C)C[C@H](NC(=O)c1ccc(Cl)cc1)C1CCN(C(=O)Oc2ccccc2)CC1. The Labute approximate surface area is 183 Å². The number of nitrogens with one attached hydrogen (secondary N) is 1. The summed E-state index contributed by atoms with van der Waals surface area (Å²) < 4.78 is 5.45. The van der Waals surface area contributed by atoms with E-state index in [2.05, 4.69) is 19.2 Å². The summed E-state index contributed by atoms with van der Waals surface area (Å²) in [6.45, 7) is 5.57. The molecule has 1 fully saturated rings. The van der Waals surface area contributed by atoms with Gasteiger partial charge in [-0.2, -0.15) is 0 Å². The molecular weight excluding hydrogens is 400 g/mol. The molecule has 0 bridgehead atoms.